The number of H-pyrrole nitrogens is 1. The first-order valence-corrected chi connectivity index (χ1v) is 7.83. The van der Waals surface area contributed by atoms with Gasteiger partial charge in [0.05, 0.1) is 26.9 Å². The molecule has 4 atom stereocenters. The number of nitrogens with zero attached hydrogens (tertiary/aromatic N) is 2. The maximum absolute atomic E-state index is 12.8. The maximum Gasteiger partial charge on any atom is 0.259 e. The number of aromatic nitrogens is 1. The van der Waals surface area contributed by atoms with E-state index in [9.17, 15) is 15.0 Å². The number of nitrogens with two attached hydrogens (primary N) is 1. The third-order valence-corrected chi connectivity index (χ3v) is 6.22. The molecule has 21 heavy (non-hydrogen) atoms. The van der Waals surface area contributed by atoms with Crippen LogP contribution in [0.25, 0.3) is 0 Å². The molecule has 4 heterocycles. The number of aliphatic hydroxyl groups excluding tert-OH is 2. The highest BCUT2D eigenvalue weighted by molar-refractivity contribution is 9.13. The predicted molar refractivity (Wildman–Crippen MR) is 79.5 cm³/mol. The highest BCUT2D eigenvalue weighted by atomic mass is 79.9. The van der Waals surface area contributed by atoms with Crippen molar-refractivity contribution in [3.05, 3.63) is 20.3 Å². The lowest BCUT2D eigenvalue weighted by Gasteiger charge is -2.43. The minimum atomic E-state index is -1.24. The first kappa shape index (κ1) is 13.6. The zero-order valence-electron chi connectivity index (χ0n) is 10.5. The average molecular weight is 421 g/mol. The summed E-state index contributed by atoms with van der Waals surface area (Å²) in [5.41, 5.74) is 5.52. The standard InChI is InChI=1S/C11H11Br2N5O3/c12-4-3-5(15-8(4)13)6-11(17-10(14)16-6)7(20)2(19)1-18(11)9(3)21/h2,6-7,15,19-20H,1H2,(H3,14,16,17)/t2-,6+,7+,11+/m0/s1. The normalized spacial score (nSPS) is 37.0. The van der Waals surface area contributed by atoms with E-state index in [2.05, 4.69) is 47.2 Å². The van der Waals surface area contributed by atoms with Crippen molar-refractivity contribution in [2.75, 3.05) is 6.54 Å². The van der Waals surface area contributed by atoms with Crippen molar-refractivity contribution in [1.29, 1.82) is 0 Å². The molecular weight excluding hydrogens is 410 g/mol. The largest absolute Gasteiger partial charge is 0.388 e. The van der Waals surface area contributed by atoms with E-state index in [1.807, 2.05) is 0 Å². The van der Waals surface area contributed by atoms with E-state index in [4.69, 9.17) is 5.73 Å². The average Bonchev–Trinajstić information content (AvgIpc) is 3.00. The predicted octanol–water partition coefficient (Wildman–Crippen LogP) is -0.614. The van der Waals surface area contributed by atoms with Crippen LogP contribution in [0.1, 0.15) is 22.1 Å². The van der Waals surface area contributed by atoms with E-state index < -0.39 is 23.9 Å². The second-order valence-corrected chi connectivity index (χ2v) is 6.92. The van der Waals surface area contributed by atoms with Gasteiger partial charge in [0, 0.05) is 0 Å². The van der Waals surface area contributed by atoms with Gasteiger partial charge >= 0.3 is 0 Å². The number of carbonyl (C=O) groups is 1. The van der Waals surface area contributed by atoms with Crippen LogP contribution in [-0.2, 0) is 0 Å². The fourth-order valence-corrected chi connectivity index (χ4v) is 4.33. The number of aliphatic hydroxyl groups is 2. The number of halogens is 2. The van der Waals surface area contributed by atoms with Crippen LogP contribution in [0.5, 0.6) is 0 Å². The van der Waals surface area contributed by atoms with Crippen molar-refractivity contribution in [3.8, 4) is 0 Å². The molecule has 4 rings (SSSR count). The molecule has 10 heteroatoms. The number of amides is 1. The molecular formula is C11H11Br2N5O3. The molecule has 1 saturated heterocycles. The van der Waals surface area contributed by atoms with E-state index in [1.54, 1.807) is 0 Å². The van der Waals surface area contributed by atoms with Gasteiger partial charge in [0.25, 0.3) is 5.91 Å². The summed E-state index contributed by atoms with van der Waals surface area (Å²) in [6.07, 6.45) is -2.25. The Kier molecular flexibility index (Phi) is 2.58. The molecule has 3 aliphatic rings. The molecule has 0 saturated carbocycles. The van der Waals surface area contributed by atoms with Gasteiger partial charge < -0.3 is 31.1 Å². The van der Waals surface area contributed by atoms with Crippen molar-refractivity contribution < 1.29 is 15.0 Å². The van der Waals surface area contributed by atoms with Gasteiger partial charge in [0.15, 0.2) is 11.6 Å². The third-order valence-electron chi connectivity index (χ3n) is 4.30. The zero-order valence-corrected chi connectivity index (χ0v) is 13.6. The number of hydrogen-bond acceptors (Lipinski definition) is 6. The lowest BCUT2D eigenvalue weighted by Crippen LogP contribution is -2.67. The first-order valence-electron chi connectivity index (χ1n) is 6.24. The van der Waals surface area contributed by atoms with Crippen molar-refractivity contribution in [3.63, 3.8) is 0 Å². The van der Waals surface area contributed by atoms with Crippen LogP contribution in [0.3, 0.4) is 0 Å². The summed E-state index contributed by atoms with van der Waals surface area (Å²) in [6, 6.07) is -0.611. The van der Waals surface area contributed by atoms with Gasteiger partial charge in [0.1, 0.15) is 18.2 Å². The molecule has 0 unspecified atom stereocenters. The number of rotatable bonds is 0. The Balaban J connectivity index is 2.00. The van der Waals surface area contributed by atoms with Gasteiger partial charge in [-0.1, -0.05) is 0 Å². The molecule has 1 aromatic rings. The van der Waals surface area contributed by atoms with Crippen LogP contribution in [0.4, 0.5) is 0 Å². The Labute approximate surface area is 135 Å². The molecule has 0 aliphatic carbocycles. The number of aliphatic imine (C=N–C) groups is 1. The second-order valence-electron chi connectivity index (χ2n) is 5.34. The molecule has 1 amide bonds. The number of carbonyl (C=O) groups excluding carboxylic acids is 1. The third kappa shape index (κ3) is 1.41. The number of hydrogen-bond donors (Lipinski definition) is 5. The molecule has 0 radical (unpaired) electrons. The molecule has 1 fully saturated rings. The Bertz CT molecular complexity index is 704. The quantitative estimate of drug-likeness (QED) is 0.382. The zero-order chi connectivity index (χ0) is 15.1. The van der Waals surface area contributed by atoms with Crippen LogP contribution >= 0.6 is 31.9 Å². The minimum Gasteiger partial charge on any atom is -0.388 e. The maximum atomic E-state index is 12.8. The fraction of sp³-hybridized carbons (Fsp3) is 0.455. The van der Waals surface area contributed by atoms with Gasteiger partial charge in [0.2, 0.25) is 0 Å². The Hall–Kier alpha value is -1.10. The second kappa shape index (κ2) is 4.00. The molecule has 3 aliphatic heterocycles. The molecule has 0 aromatic carbocycles. The van der Waals surface area contributed by atoms with Crippen molar-refractivity contribution in [1.82, 2.24) is 15.2 Å². The lowest BCUT2D eigenvalue weighted by atomic mass is 9.87. The first-order chi connectivity index (χ1) is 9.87. The van der Waals surface area contributed by atoms with Crippen LogP contribution < -0.4 is 11.1 Å². The van der Waals surface area contributed by atoms with Crippen LogP contribution in [0.15, 0.2) is 14.1 Å². The lowest BCUT2D eigenvalue weighted by molar-refractivity contribution is -0.0255. The minimum absolute atomic E-state index is 0.0149. The van der Waals surface area contributed by atoms with Gasteiger partial charge in [-0.3, -0.25) is 4.79 Å². The van der Waals surface area contributed by atoms with Gasteiger partial charge in [-0.25, -0.2) is 4.99 Å². The summed E-state index contributed by atoms with van der Waals surface area (Å²) in [5, 5.41) is 23.3. The van der Waals surface area contributed by atoms with Crippen LogP contribution in [-0.4, -0.2) is 56.4 Å². The van der Waals surface area contributed by atoms with Crippen LogP contribution in [0, 0.1) is 0 Å². The highest BCUT2D eigenvalue weighted by Crippen LogP contribution is 2.50. The van der Waals surface area contributed by atoms with E-state index in [0.29, 0.717) is 20.3 Å². The van der Waals surface area contributed by atoms with Gasteiger partial charge in [-0.15, -0.1) is 0 Å². The summed E-state index contributed by atoms with van der Waals surface area (Å²) < 4.78 is 1.21. The van der Waals surface area contributed by atoms with E-state index in [-0.39, 0.29) is 18.4 Å². The SMILES string of the molecule is NC1=N[C@@H]2c3[nH]c(Br)c(Br)c3C(=O)N3C[C@H](O)[C@@H](O)[C@@]23N1. The molecule has 0 bridgehead atoms. The van der Waals surface area contributed by atoms with Gasteiger partial charge in [-0.05, 0) is 31.9 Å². The summed E-state index contributed by atoms with van der Waals surface area (Å²) in [5.74, 6) is -0.177. The fourth-order valence-electron chi connectivity index (χ4n) is 3.43. The number of nitrogens with one attached hydrogen (secondary N) is 2. The summed E-state index contributed by atoms with van der Waals surface area (Å²) >= 11 is 6.70. The molecule has 6 N–H and O–H groups in total. The van der Waals surface area contributed by atoms with Crippen molar-refractivity contribution >= 4 is 43.7 Å². The Morgan fingerprint density at radius 3 is 2.86 bits per heavy atom. The molecule has 112 valence electrons. The number of fused-ring (bicyclic) bond motifs is 2. The number of guanidine groups is 1. The Morgan fingerprint density at radius 1 is 1.43 bits per heavy atom. The molecule has 8 nitrogen and oxygen atoms in total. The topological polar surface area (TPSA) is 127 Å². The van der Waals surface area contributed by atoms with Crippen LogP contribution in [0.2, 0.25) is 0 Å². The van der Waals surface area contributed by atoms with E-state index in [1.165, 1.54) is 4.90 Å². The Morgan fingerprint density at radius 2 is 2.14 bits per heavy atom. The monoisotopic (exact) mass is 419 g/mol. The summed E-state index contributed by atoms with van der Waals surface area (Å²) in [7, 11) is 0. The molecule has 1 aromatic heterocycles. The summed E-state index contributed by atoms with van der Waals surface area (Å²) in [4.78, 5) is 21.5. The van der Waals surface area contributed by atoms with Crippen molar-refractivity contribution in [2.45, 2.75) is 23.9 Å². The highest BCUT2D eigenvalue weighted by Gasteiger charge is 2.66. The van der Waals surface area contributed by atoms with Crippen molar-refractivity contribution in [2.24, 2.45) is 10.7 Å². The summed E-state index contributed by atoms with van der Waals surface area (Å²) in [6.45, 7) is 0.0149. The molecule has 1 spiro atoms. The smallest absolute Gasteiger partial charge is 0.259 e. The van der Waals surface area contributed by atoms with Gasteiger partial charge in [-0.2, -0.15) is 0 Å². The van der Waals surface area contributed by atoms with E-state index in [0.717, 1.165) is 0 Å². The number of aromatic amines is 1. The van der Waals surface area contributed by atoms with E-state index >= 15 is 0 Å².